The van der Waals surface area contributed by atoms with Crippen LogP contribution in [0.15, 0.2) is 60.9 Å². The monoisotopic (exact) mass is 510 g/mol. The van der Waals surface area contributed by atoms with Crippen molar-refractivity contribution in [3.05, 3.63) is 108 Å². The number of benzene rings is 3. The summed E-state index contributed by atoms with van der Waals surface area (Å²) >= 11 is 0. The molecule has 0 radical (unpaired) electrons. The van der Waals surface area contributed by atoms with Crippen molar-refractivity contribution < 1.29 is 23.8 Å². The third kappa shape index (κ3) is 3.57. The SMILES string of the molecule is Cc1cc(C)c2oc(=O)c(C(c3ccc4c(c3)CCO4)c3c(O)c4cc(C)cc(C)c4oc3=O)c(O)c2c1. The summed E-state index contributed by atoms with van der Waals surface area (Å²) in [5.74, 6) is -1.05. The van der Waals surface area contributed by atoms with Gasteiger partial charge in [0.15, 0.2) is 0 Å². The van der Waals surface area contributed by atoms with E-state index < -0.39 is 17.2 Å². The number of ether oxygens (including phenoxy) is 1. The summed E-state index contributed by atoms with van der Waals surface area (Å²) in [4.78, 5) is 27.1. The summed E-state index contributed by atoms with van der Waals surface area (Å²) in [5.41, 5.74) is 3.20. The average molecular weight is 511 g/mol. The minimum atomic E-state index is -1.16. The van der Waals surface area contributed by atoms with Crippen LogP contribution in [0.4, 0.5) is 0 Å². The first-order valence-corrected chi connectivity index (χ1v) is 12.4. The highest BCUT2D eigenvalue weighted by Crippen LogP contribution is 2.44. The Balaban J connectivity index is 1.74. The molecule has 3 heterocycles. The lowest BCUT2D eigenvalue weighted by atomic mass is 9.83. The summed E-state index contributed by atoms with van der Waals surface area (Å²) in [6.45, 7) is 7.87. The van der Waals surface area contributed by atoms with E-state index >= 15 is 0 Å². The molecule has 2 aromatic heterocycles. The van der Waals surface area contributed by atoms with Crippen molar-refractivity contribution in [1.82, 2.24) is 0 Å². The Kier molecular flexibility index (Phi) is 5.35. The Labute approximate surface area is 217 Å². The number of aryl methyl sites for hydroxylation is 4. The number of rotatable bonds is 3. The summed E-state index contributed by atoms with van der Waals surface area (Å²) in [6, 6.07) is 12.5. The van der Waals surface area contributed by atoms with Crippen molar-refractivity contribution in [3.8, 4) is 17.2 Å². The molecular formula is C31H26O7. The fraction of sp³-hybridized carbons (Fsp3) is 0.226. The summed E-state index contributed by atoms with van der Waals surface area (Å²) in [6.07, 6.45) is 0.656. The maximum absolute atomic E-state index is 13.5. The van der Waals surface area contributed by atoms with Crippen LogP contribution in [0.2, 0.25) is 0 Å². The van der Waals surface area contributed by atoms with Gasteiger partial charge in [-0.3, -0.25) is 0 Å². The van der Waals surface area contributed by atoms with Crippen LogP contribution in [0, 0.1) is 27.7 Å². The third-order valence-corrected chi connectivity index (χ3v) is 7.31. The largest absolute Gasteiger partial charge is 0.507 e. The number of aromatic hydroxyl groups is 2. The zero-order chi connectivity index (χ0) is 26.9. The lowest BCUT2D eigenvalue weighted by molar-refractivity contribution is 0.357. The zero-order valence-corrected chi connectivity index (χ0v) is 21.5. The molecule has 0 saturated carbocycles. The van der Waals surface area contributed by atoms with E-state index in [2.05, 4.69) is 0 Å². The molecule has 6 rings (SSSR count). The van der Waals surface area contributed by atoms with Gasteiger partial charge in [0.1, 0.15) is 28.4 Å². The number of fused-ring (bicyclic) bond motifs is 3. The summed E-state index contributed by atoms with van der Waals surface area (Å²) < 4.78 is 17.1. The van der Waals surface area contributed by atoms with E-state index in [1.54, 1.807) is 38.1 Å². The standard InChI is InChI=1S/C31H26O7/c1-14-9-16(3)28-20(11-14)26(32)24(30(34)37-28)23(19-5-6-22-18(13-19)7-8-36-22)25-27(33)21-12-15(2)10-17(4)29(21)38-31(25)35/h5-6,9-13,23,32-33H,7-8H2,1-4H3. The molecule has 0 amide bonds. The predicted molar refractivity (Wildman–Crippen MR) is 144 cm³/mol. The van der Waals surface area contributed by atoms with E-state index in [0.717, 1.165) is 22.4 Å². The number of hydrogen-bond acceptors (Lipinski definition) is 7. The van der Waals surface area contributed by atoms with Gasteiger partial charge in [0.2, 0.25) is 0 Å². The molecule has 0 atom stereocenters. The average Bonchev–Trinajstić information content (AvgIpc) is 3.33. The van der Waals surface area contributed by atoms with E-state index in [4.69, 9.17) is 13.6 Å². The maximum atomic E-state index is 13.5. The van der Waals surface area contributed by atoms with Gasteiger partial charge in [0, 0.05) is 6.42 Å². The molecule has 0 spiro atoms. The normalized spacial score (nSPS) is 12.9. The molecule has 1 aliphatic heterocycles. The lowest BCUT2D eigenvalue weighted by Gasteiger charge is -2.21. The molecule has 0 unspecified atom stereocenters. The van der Waals surface area contributed by atoms with Gasteiger partial charge in [-0.25, -0.2) is 9.59 Å². The Morgan fingerprint density at radius 1 is 0.737 bits per heavy atom. The van der Waals surface area contributed by atoms with E-state index in [0.29, 0.717) is 40.5 Å². The Hall–Kier alpha value is -4.52. The molecule has 0 saturated heterocycles. The second kappa shape index (κ2) is 8.52. The van der Waals surface area contributed by atoms with E-state index in [1.165, 1.54) is 0 Å². The Morgan fingerprint density at radius 2 is 1.26 bits per heavy atom. The second-order valence-corrected chi connectivity index (χ2v) is 10.1. The topological polar surface area (TPSA) is 110 Å². The third-order valence-electron chi connectivity index (χ3n) is 7.31. The van der Waals surface area contributed by atoms with E-state index in [-0.39, 0.29) is 33.8 Å². The van der Waals surface area contributed by atoms with Gasteiger partial charge < -0.3 is 23.8 Å². The van der Waals surface area contributed by atoms with Crippen LogP contribution < -0.4 is 16.0 Å². The van der Waals surface area contributed by atoms with Crippen molar-refractivity contribution in [2.75, 3.05) is 6.61 Å². The van der Waals surface area contributed by atoms with Crippen LogP contribution in [0.25, 0.3) is 21.9 Å². The van der Waals surface area contributed by atoms with Crippen molar-refractivity contribution in [2.24, 2.45) is 0 Å². The molecule has 2 N–H and O–H groups in total. The molecule has 0 aliphatic carbocycles. The van der Waals surface area contributed by atoms with Crippen LogP contribution in [-0.4, -0.2) is 16.8 Å². The lowest BCUT2D eigenvalue weighted by Crippen LogP contribution is -2.21. The molecule has 0 bridgehead atoms. The molecule has 7 heteroatoms. The molecule has 192 valence electrons. The van der Waals surface area contributed by atoms with Gasteiger partial charge >= 0.3 is 11.3 Å². The van der Waals surface area contributed by atoms with Crippen LogP contribution in [-0.2, 0) is 6.42 Å². The van der Waals surface area contributed by atoms with Crippen LogP contribution in [0.1, 0.15) is 50.4 Å². The van der Waals surface area contributed by atoms with Gasteiger partial charge in [-0.2, -0.15) is 0 Å². The van der Waals surface area contributed by atoms with Crippen LogP contribution >= 0.6 is 0 Å². The Bertz CT molecular complexity index is 1800. The number of hydrogen-bond donors (Lipinski definition) is 2. The van der Waals surface area contributed by atoms with E-state index in [9.17, 15) is 19.8 Å². The van der Waals surface area contributed by atoms with Gasteiger partial charge in [0.05, 0.1) is 34.4 Å². The first-order valence-electron chi connectivity index (χ1n) is 12.4. The first-order chi connectivity index (χ1) is 18.1. The van der Waals surface area contributed by atoms with Gasteiger partial charge in [-0.1, -0.05) is 24.3 Å². The highest BCUT2D eigenvalue weighted by molar-refractivity contribution is 5.90. The van der Waals surface area contributed by atoms with Crippen molar-refractivity contribution in [2.45, 2.75) is 40.0 Å². The minimum Gasteiger partial charge on any atom is -0.507 e. The predicted octanol–water partition coefficient (Wildman–Crippen LogP) is 5.66. The fourth-order valence-electron chi connectivity index (χ4n) is 5.68. The van der Waals surface area contributed by atoms with Crippen LogP contribution in [0.5, 0.6) is 17.2 Å². The van der Waals surface area contributed by atoms with E-state index in [1.807, 2.05) is 32.0 Å². The minimum absolute atomic E-state index is 0.146. The highest BCUT2D eigenvalue weighted by Gasteiger charge is 2.33. The highest BCUT2D eigenvalue weighted by atomic mass is 16.5. The molecule has 0 fully saturated rings. The molecular weight excluding hydrogens is 484 g/mol. The van der Waals surface area contributed by atoms with Crippen LogP contribution in [0.3, 0.4) is 0 Å². The van der Waals surface area contributed by atoms with Gasteiger partial charge in [0.25, 0.3) is 0 Å². The molecule has 3 aromatic carbocycles. The van der Waals surface area contributed by atoms with Crippen molar-refractivity contribution >= 4 is 21.9 Å². The fourth-order valence-corrected chi connectivity index (χ4v) is 5.68. The molecule has 38 heavy (non-hydrogen) atoms. The Morgan fingerprint density at radius 3 is 1.79 bits per heavy atom. The smallest absolute Gasteiger partial charge is 0.344 e. The van der Waals surface area contributed by atoms with Gasteiger partial charge in [-0.15, -0.1) is 0 Å². The van der Waals surface area contributed by atoms with Crippen molar-refractivity contribution in [3.63, 3.8) is 0 Å². The summed E-state index contributed by atoms with van der Waals surface area (Å²) in [5, 5.41) is 23.8. The van der Waals surface area contributed by atoms with Crippen molar-refractivity contribution in [1.29, 1.82) is 0 Å². The quantitative estimate of drug-likeness (QED) is 0.301. The molecule has 7 nitrogen and oxygen atoms in total. The first kappa shape index (κ1) is 23.9. The zero-order valence-electron chi connectivity index (χ0n) is 21.5. The maximum Gasteiger partial charge on any atom is 0.344 e. The summed E-state index contributed by atoms with van der Waals surface area (Å²) in [7, 11) is 0. The second-order valence-electron chi connectivity index (χ2n) is 10.1. The molecule has 1 aliphatic rings. The van der Waals surface area contributed by atoms with Gasteiger partial charge in [-0.05, 0) is 79.3 Å². The molecule has 5 aromatic rings.